The number of likely N-dealkylation sites (tertiary alicyclic amines) is 2. The molecule has 4 heteroatoms. The van der Waals surface area contributed by atoms with Gasteiger partial charge in [0.1, 0.15) is 0 Å². The van der Waals surface area contributed by atoms with Crippen molar-refractivity contribution in [1.82, 2.24) is 14.8 Å². The van der Waals surface area contributed by atoms with E-state index in [1.807, 2.05) is 18.5 Å². The summed E-state index contributed by atoms with van der Waals surface area (Å²) >= 11 is 0. The number of carbonyl (C=O) groups excluding carboxylic acids is 1. The molecule has 0 bridgehead atoms. The van der Waals surface area contributed by atoms with Gasteiger partial charge in [-0.1, -0.05) is 6.07 Å². The van der Waals surface area contributed by atoms with Crippen LogP contribution < -0.4 is 0 Å². The fourth-order valence-electron chi connectivity index (χ4n) is 3.79. The minimum atomic E-state index is 0.237. The smallest absolute Gasteiger partial charge is 0.219 e. The molecule has 108 valence electrons. The number of hydrogen-bond acceptors (Lipinski definition) is 3. The Balaban J connectivity index is 1.71. The number of rotatable bonds is 3. The second kappa shape index (κ2) is 5.92. The fraction of sp³-hybridized carbons (Fsp3) is 0.625. The molecule has 3 heterocycles. The van der Waals surface area contributed by atoms with E-state index >= 15 is 0 Å². The highest BCUT2D eigenvalue weighted by atomic mass is 16.2. The number of pyridine rings is 1. The largest absolute Gasteiger partial charge is 0.338 e. The Labute approximate surface area is 120 Å². The molecule has 2 unspecified atom stereocenters. The molecule has 0 aliphatic carbocycles. The predicted molar refractivity (Wildman–Crippen MR) is 78.1 cm³/mol. The van der Waals surface area contributed by atoms with Gasteiger partial charge in [0, 0.05) is 44.5 Å². The van der Waals surface area contributed by atoms with E-state index in [4.69, 9.17) is 0 Å². The van der Waals surface area contributed by atoms with E-state index in [1.54, 1.807) is 6.92 Å². The molecule has 0 saturated carbocycles. The summed E-state index contributed by atoms with van der Waals surface area (Å²) in [5.41, 5.74) is 1.27. The third-order valence-corrected chi connectivity index (χ3v) is 4.67. The summed E-state index contributed by atoms with van der Waals surface area (Å²) in [5, 5.41) is 0. The average Bonchev–Trinajstić information content (AvgIpc) is 3.07. The topological polar surface area (TPSA) is 36.4 Å². The number of nitrogens with zero attached hydrogens (tertiary/aromatic N) is 3. The van der Waals surface area contributed by atoms with Gasteiger partial charge in [-0.15, -0.1) is 0 Å². The Bertz CT molecular complexity index is 462. The molecule has 0 spiro atoms. The molecule has 0 N–H and O–H groups in total. The van der Waals surface area contributed by atoms with Crippen LogP contribution in [-0.2, 0) is 11.3 Å². The summed E-state index contributed by atoms with van der Waals surface area (Å²) < 4.78 is 0. The summed E-state index contributed by atoms with van der Waals surface area (Å²) in [6.45, 7) is 4.75. The molecule has 2 saturated heterocycles. The van der Waals surface area contributed by atoms with Crippen molar-refractivity contribution in [2.75, 3.05) is 13.1 Å². The van der Waals surface area contributed by atoms with Crippen molar-refractivity contribution < 1.29 is 4.79 Å². The zero-order valence-electron chi connectivity index (χ0n) is 12.2. The Morgan fingerprint density at radius 3 is 2.85 bits per heavy atom. The lowest BCUT2D eigenvalue weighted by atomic mass is 10.0. The van der Waals surface area contributed by atoms with E-state index in [0.29, 0.717) is 12.1 Å². The first-order valence-electron chi connectivity index (χ1n) is 7.66. The van der Waals surface area contributed by atoms with Gasteiger partial charge in [0.2, 0.25) is 5.91 Å². The highest BCUT2D eigenvalue weighted by Gasteiger charge is 2.38. The van der Waals surface area contributed by atoms with E-state index in [0.717, 1.165) is 32.5 Å². The summed E-state index contributed by atoms with van der Waals surface area (Å²) in [6.07, 6.45) is 8.54. The molecule has 2 aliphatic rings. The second-order valence-corrected chi connectivity index (χ2v) is 5.96. The van der Waals surface area contributed by atoms with Crippen molar-refractivity contribution in [2.45, 2.75) is 51.2 Å². The van der Waals surface area contributed by atoms with Gasteiger partial charge in [-0.3, -0.25) is 14.7 Å². The van der Waals surface area contributed by atoms with Gasteiger partial charge in [0.05, 0.1) is 0 Å². The molecule has 1 aromatic heterocycles. The zero-order chi connectivity index (χ0) is 13.9. The third-order valence-electron chi connectivity index (χ3n) is 4.67. The Morgan fingerprint density at radius 1 is 1.30 bits per heavy atom. The van der Waals surface area contributed by atoms with Crippen LogP contribution in [0.15, 0.2) is 24.5 Å². The Kier molecular flexibility index (Phi) is 4.01. The Morgan fingerprint density at radius 2 is 2.10 bits per heavy atom. The van der Waals surface area contributed by atoms with Gasteiger partial charge < -0.3 is 4.90 Å². The molecule has 1 aromatic rings. The molecule has 20 heavy (non-hydrogen) atoms. The van der Waals surface area contributed by atoms with Crippen LogP contribution in [0.4, 0.5) is 0 Å². The highest BCUT2D eigenvalue weighted by molar-refractivity contribution is 5.74. The number of aromatic nitrogens is 1. The monoisotopic (exact) mass is 273 g/mol. The van der Waals surface area contributed by atoms with Crippen molar-refractivity contribution >= 4 is 5.91 Å². The lowest BCUT2D eigenvalue weighted by Gasteiger charge is -2.34. The molecule has 1 amide bonds. The van der Waals surface area contributed by atoms with Crippen LogP contribution in [0, 0.1) is 0 Å². The van der Waals surface area contributed by atoms with Crippen LogP contribution in [0.1, 0.15) is 38.2 Å². The zero-order valence-corrected chi connectivity index (χ0v) is 12.2. The molecule has 2 aliphatic heterocycles. The SMILES string of the molecule is CC(=O)N1CCCC1C1CCCN1Cc1cccnc1. The molecule has 3 rings (SSSR count). The summed E-state index contributed by atoms with van der Waals surface area (Å²) in [5.74, 6) is 0.237. The van der Waals surface area contributed by atoms with E-state index in [-0.39, 0.29) is 5.91 Å². The summed E-state index contributed by atoms with van der Waals surface area (Å²) in [4.78, 5) is 20.6. The lowest BCUT2D eigenvalue weighted by Crippen LogP contribution is -2.47. The molecule has 0 aromatic carbocycles. The number of hydrogen-bond donors (Lipinski definition) is 0. The van der Waals surface area contributed by atoms with E-state index in [9.17, 15) is 4.79 Å². The van der Waals surface area contributed by atoms with Crippen molar-refractivity contribution in [3.05, 3.63) is 30.1 Å². The minimum absolute atomic E-state index is 0.237. The predicted octanol–water partition coefficient (Wildman–Crippen LogP) is 2.06. The van der Waals surface area contributed by atoms with Crippen molar-refractivity contribution in [1.29, 1.82) is 0 Å². The summed E-state index contributed by atoms with van der Waals surface area (Å²) in [6, 6.07) is 5.09. The molecule has 0 radical (unpaired) electrons. The van der Waals surface area contributed by atoms with Crippen LogP contribution >= 0.6 is 0 Å². The first-order chi connectivity index (χ1) is 9.75. The van der Waals surface area contributed by atoms with Gasteiger partial charge in [0.15, 0.2) is 0 Å². The third kappa shape index (κ3) is 2.70. The molecule has 2 fully saturated rings. The van der Waals surface area contributed by atoms with Crippen molar-refractivity contribution in [2.24, 2.45) is 0 Å². The maximum Gasteiger partial charge on any atom is 0.219 e. The van der Waals surface area contributed by atoms with Crippen molar-refractivity contribution in [3.8, 4) is 0 Å². The minimum Gasteiger partial charge on any atom is -0.338 e. The summed E-state index contributed by atoms with van der Waals surface area (Å²) in [7, 11) is 0. The van der Waals surface area contributed by atoms with Crippen LogP contribution in [0.2, 0.25) is 0 Å². The maximum absolute atomic E-state index is 11.8. The Hall–Kier alpha value is -1.42. The van der Waals surface area contributed by atoms with Crippen LogP contribution in [-0.4, -0.2) is 45.9 Å². The van der Waals surface area contributed by atoms with Crippen LogP contribution in [0.25, 0.3) is 0 Å². The van der Waals surface area contributed by atoms with Gasteiger partial charge >= 0.3 is 0 Å². The van der Waals surface area contributed by atoms with Crippen LogP contribution in [0.3, 0.4) is 0 Å². The molecular formula is C16H23N3O. The standard InChI is InChI=1S/C16H23N3O/c1-13(20)19-10-4-7-16(19)15-6-3-9-18(15)12-14-5-2-8-17-11-14/h2,5,8,11,15-16H,3-4,6-7,9-10,12H2,1H3. The van der Waals surface area contributed by atoms with Gasteiger partial charge in [-0.05, 0) is 43.9 Å². The fourth-order valence-corrected chi connectivity index (χ4v) is 3.79. The molecular weight excluding hydrogens is 250 g/mol. The maximum atomic E-state index is 11.8. The second-order valence-electron chi connectivity index (χ2n) is 5.96. The van der Waals surface area contributed by atoms with Gasteiger partial charge in [-0.25, -0.2) is 0 Å². The average molecular weight is 273 g/mol. The quantitative estimate of drug-likeness (QED) is 0.846. The van der Waals surface area contributed by atoms with E-state index in [2.05, 4.69) is 20.9 Å². The van der Waals surface area contributed by atoms with E-state index in [1.165, 1.54) is 18.4 Å². The normalized spacial score (nSPS) is 27.1. The van der Waals surface area contributed by atoms with E-state index < -0.39 is 0 Å². The molecule has 4 nitrogen and oxygen atoms in total. The van der Waals surface area contributed by atoms with Crippen molar-refractivity contribution in [3.63, 3.8) is 0 Å². The van der Waals surface area contributed by atoms with Gasteiger partial charge in [0.25, 0.3) is 0 Å². The first kappa shape index (κ1) is 13.6. The number of amides is 1. The van der Waals surface area contributed by atoms with Crippen LogP contribution in [0.5, 0.6) is 0 Å². The number of carbonyl (C=O) groups is 1. The molecule has 2 atom stereocenters. The van der Waals surface area contributed by atoms with Gasteiger partial charge in [-0.2, -0.15) is 0 Å². The lowest BCUT2D eigenvalue weighted by molar-refractivity contribution is -0.130. The highest BCUT2D eigenvalue weighted by Crippen LogP contribution is 2.30. The first-order valence-corrected chi connectivity index (χ1v) is 7.66.